The second-order valence-corrected chi connectivity index (χ2v) is 6.38. The average Bonchev–Trinajstić information content (AvgIpc) is 2.62. The average molecular weight is 364 g/mol. The summed E-state index contributed by atoms with van der Waals surface area (Å²) in [6.45, 7) is 3.30. The van der Waals surface area contributed by atoms with Crippen molar-refractivity contribution < 1.29 is 18.7 Å². The van der Waals surface area contributed by atoms with Gasteiger partial charge >= 0.3 is 0 Å². The smallest absolute Gasteiger partial charge is 0.255 e. The van der Waals surface area contributed by atoms with E-state index >= 15 is 0 Å². The van der Waals surface area contributed by atoms with Crippen molar-refractivity contribution in [1.82, 2.24) is 4.90 Å². The van der Waals surface area contributed by atoms with Gasteiger partial charge in [0, 0.05) is 6.54 Å². The summed E-state index contributed by atoms with van der Waals surface area (Å²) in [4.78, 5) is 14.3. The van der Waals surface area contributed by atoms with Gasteiger partial charge in [0.15, 0.2) is 11.6 Å². The summed E-state index contributed by atoms with van der Waals surface area (Å²) in [5.74, 6) is -0.357. The molecule has 0 aliphatic carbocycles. The Morgan fingerprint density at radius 3 is 2.96 bits per heavy atom. The van der Waals surface area contributed by atoms with Crippen molar-refractivity contribution in [3.05, 3.63) is 64.4 Å². The van der Waals surface area contributed by atoms with Gasteiger partial charge in [0.2, 0.25) is 0 Å². The first-order valence-electron chi connectivity index (χ1n) is 8.09. The van der Waals surface area contributed by atoms with E-state index in [4.69, 9.17) is 21.1 Å². The highest BCUT2D eigenvalue weighted by Crippen LogP contribution is 2.21. The van der Waals surface area contributed by atoms with E-state index < -0.39 is 5.82 Å². The number of hydrogen-bond acceptors (Lipinski definition) is 3. The zero-order valence-electron chi connectivity index (χ0n) is 13.9. The maximum Gasteiger partial charge on any atom is 0.255 e. The summed E-state index contributed by atoms with van der Waals surface area (Å²) in [6, 6.07) is 11.7. The summed E-state index contributed by atoms with van der Waals surface area (Å²) < 4.78 is 24.9. The number of rotatable bonds is 4. The molecule has 2 aromatic rings. The first kappa shape index (κ1) is 17.7. The van der Waals surface area contributed by atoms with E-state index in [-0.39, 0.29) is 24.4 Å². The molecular weight excluding hydrogens is 345 g/mol. The van der Waals surface area contributed by atoms with E-state index in [2.05, 4.69) is 0 Å². The predicted octanol–water partition coefficient (Wildman–Crippen LogP) is 3.71. The molecule has 0 radical (unpaired) electrons. The molecule has 1 atom stereocenters. The highest BCUT2D eigenvalue weighted by molar-refractivity contribution is 6.33. The minimum absolute atomic E-state index is 0.138. The van der Waals surface area contributed by atoms with Crippen LogP contribution in [0.15, 0.2) is 42.5 Å². The maximum absolute atomic E-state index is 13.7. The van der Waals surface area contributed by atoms with Crippen LogP contribution in [-0.2, 0) is 4.74 Å². The minimum atomic E-state index is -0.412. The van der Waals surface area contributed by atoms with Crippen LogP contribution in [0.3, 0.4) is 0 Å². The molecule has 0 N–H and O–H groups in total. The molecule has 1 heterocycles. The van der Waals surface area contributed by atoms with Gasteiger partial charge in [-0.15, -0.1) is 0 Å². The van der Waals surface area contributed by atoms with E-state index in [1.165, 1.54) is 6.07 Å². The van der Waals surface area contributed by atoms with Crippen LogP contribution in [0.25, 0.3) is 0 Å². The van der Waals surface area contributed by atoms with Gasteiger partial charge in [-0.25, -0.2) is 4.39 Å². The Morgan fingerprint density at radius 2 is 2.16 bits per heavy atom. The summed E-state index contributed by atoms with van der Waals surface area (Å²) in [7, 11) is 0. The van der Waals surface area contributed by atoms with Gasteiger partial charge in [-0.1, -0.05) is 29.8 Å². The summed E-state index contributed by atoms with van der Waals surface area (Å²) in [6.07, 6.45) is -0.319. The lowest BCUT2D eigenvalue weighted by molar-refractivity contribution is -0.0405. The number of amides is 1. The van der Waals surface area contributed by atoms with E-state index in [1.54, 1.807) is 41.3 Å². The van der Waals surface area contributed by atoms with Crippen molar-refractivity contribution in [2.45, 2.75) is 13.0 Å². The quantitative estimate of drug-likeness (QED) is 0.831. The van der Waals surface area contributed by atoms with E-state index in [9.17, 15) is 9.18 Å². The molecule has 1 saturated heterocycles. The van der Waals surface area contributed by atoms with Gasteiger partial charge in [-0.05, 0) is 36.8 Å². The molecule has 0 aromatic heterocycles. The molecule has 1 aliphatic heterocycles. The Kier molecular flexibility index (Phi) is 5.56. The number of ether oxygens (including phenoxy) is 2. The first-order chi connectivity index (χ1) is 12.0. The van der Waals surface area contributed by atoms with Crippen LogP contribution in [0, 0.1) is 12.7 Å². The molecule has 132 valence electrons. The maximum atomic E-state index is 13.7. The summed E-state index contributed by atoms with van der Waals surface area (Å²) in [5.41, 5.74) is 1.38. The lowest BCUT2D eigenvalue weighted by Crippen LogP contribution is -2.47. The monoisotopic (exact) mass is 363 g/mol. The van der Waals surface area contributed by atoms with Crippen molar-refractivity contribution in [3.63, 3.8) is 0 Å². The molecule has 25 heavy (non-hydrogen) atoms. The van der Waals surface area contributed by atoms with Gasteiger partial charge in [0.05, 0.1) is 23.7 Å². The Hall–Kier alpha value is -2.11. The van der Waals surface area contributed by atoms with Crippen molar-refractivity contribution in [1.29, 1.82) is 0 Å². The second-order valence-electron chi connectivity index (χ2n) is 5.97. The number of aryl methyl sites for hydroxylation is 1. The normalized spacial score (nSPS) is 17.4. The van der Waals surface area contributed by atoms with Crippen molar-refractivity contribution in [3.8, 4) is 5.75 Å². The van der Waals surface area contributed by atoms with Crippen LogP contribution in [-0.4, -0.2) is 43.2 Å². The molecule has 4 nitrogen and oxygen atoms in total. The van der Waals surface area contributed by atoms with E-state index in [0.29, 0.717) is 30.3 Å². The molecule has 6 heteroatoms. The van der Waals surface area contributed by atoms with Gasteiger partial charge in [-0.3, -0.25) is 4.79 Å². The molecule has 1 aliphatic rings. The molecule has 0 saturated carbocycles. The molecule has 0 spiro atoms. The fraction of sp³-hybridized carbons (Fsp3) is 0.316. The molecule has 1 unspecified atom stereocenters. The highest BCUT2D eigenvalue weighted by atomic mass is 35.5. The van der Waals surface area contributed by atoms with Crippen LogP contribution < -0.4 is 4.74 Å². The molecule has 0 bridgehead atoms. The van der Waals surface area contributed by atoms with Crippen molar-refractivity contribution in [2.24, 2.45) is 0 Å². The Balaban J connectivity index is 1.62. The first-order valence-corrected chi connectivity index (χ1v) is 8.47. The van der Waals surface area contributed by atoms with E-state index in [1.807, 2.05) is 6.92 Å². The number of carbonyl (C=O) groups is 1. The Morgan fingerprint density at radius 1 is 1.36 bits per heavy atom. The van der Waals surface area contributed by atoms with Gasteiger partial charge < -0.3 is 14.4 Å². The topological polar surface area (TPSA) is 38.8 Å². The summed E-state index contributed by atoms with van der Waals surface area (Å²) >= 11 is 6.10. The fourth-order valence-corrected chi connectivity index (χ4v) is 2.93. The SMILES string of the molecule is Cc1ccc(F)c(OCC2CN(C(=O)c3ccccc3Cl)CCO2)c1. The van der Waals surface area contributed by atoms with Gasteiger partial charge in [0.25, 0.3) is 5.91 Å². The number of morpholine rings is 1. The third-order valence-electron chi connectivity index (χ3n) is 4.04. The standard InChI is InChI=1S/C19H19ClFNO3/c1-13-6-7-17(21)18(10-13)25-12-14-11-22(8-9-24-14)19(23)15-4-2-3-5-16(15)20/h2-7,10,14H,8-9,11-12H2,1H3. The zero-order chi connectivity index (χ0) is 17.8. The van der Waals surface area contributed by atoms with Gasteiger partial charge in [0.1, 0.15) is 12.7 Å². The molecule has 1 fully saturated rings. The molecular formula is C19H19ClFNO3. The second kappa shape index (κ2) is 7.85. The minimum Gasteiger partial charge on any atom is -0.488 e. The van der Waals surface area contributed by atoms with Crippen molar-refractivity contribution in [2.75, 3.05) is 26.3 Å². The van der Waals surface area contributed by atoms with E-state index in [0.717, 1.165) is 5.56 Å². The zero-order valence-corrected chi connectivity index (χ0v) is 14.6. The van der Waals surface area contributed by atoms with Crippen LogP contribution in [0.1, 0.15) is 15.9 Å². The number of benzene rings is 2. The summed E-state index contributed by atoms with van der Waals surface area (Å²) in [5, 5.41) is 0.425. The molecule has 1 amide bonds. The predicted molar refractivity (Wildman–Crippen MR) is 93.7 cm³/mol. The molecule has 2 aromatic carbocycles. The number of hydrogen-bond donors (Lipinski definition) is 0. The number of carbonyl (C=O) groups excluding carboxylic acids is 1. The Bertz CT molecular complexity index is 768. The van der Waals surface area contributed by atoms with Crippen molar-refractivity contribution >= 4 is 17.5 Å². The Labute approximate surface area is 151 Å². The number of halogens is 2. The fourth-order valence-electron chi connectivity index (χ4n) is 2.71. The van der Waals surface area contributed by atoms with Crippen LogP contribution >= 0.6 is 11.6 Å². The van der Waals surface area contributed by atoms with Gasteiger partial charge in [-0.2, -0.15) is 0 Å². The van der Waals surface area contributed by atoms with Crippen LogP contribution in [0.2, 0.25) is 5.02 Å². The third-order valence-corrected chi connectivity index (χ3v) is 4.37. The lowest BCUT2D eigenvalue weighted by atomic mass is 10.1. The van der Waals surface area contributed by atoms with Crippen LogP contribution in [0.5, 0.6) is 5.75 Å². The van der Waals surface area contributed by atoms with Crippen LogP contribution in [0.4, 0.5) is 4.39 Å². The third kappa shape index (κ3) is 4.30. The largest absolute Gasteiger partial charge is 0.488 e. The molecule has 3 rings (SSSR count). The highest BCUT2D eigenvalue weighted by Gasteiger charge is 2.26. The number of nitrogens with zero attached hydrogens (tertiary/aromatic N) is 1. The lowest BCUT2D eigenvalue weighted by Gasteiger charge is -2.33.